The lowest BCUT2D eigenvalue weighted by molar-refractivity contribution is 0.494. The Labute approximate surface area is 208 Å². The standard InChI is InChI=1S/C31H22BNOS/c1-19-17-27(33-18-20(19)2)23-12-8-13-24-29-31(35-30(23)24)32(26-14-5-6-16-28(26)34-29)25-15-7-10-21-9-3-4-11-22(21)25/h3-18H,1-2H3. The van der Waals surface area contributed by atoms with Crippen LogP contribution in [0.4, 0.5) is 0 Å². The first-order chi connectivity index (χ1) is 17.2. The van der Waals surface area contributed by atoms with E-state index in [1.165, 1.54) is 42.3 Å². The van der Waals surface area contributed by atoms with Crippen LogP contribution in [0, 0.1) is 13.8 Å². The van der Waals surface area contributed by atoms with Crippen molar-refractivity contribution in [3.8, 4) is 22.8 Å². The molecule has 0 spiro atoms. The van der Waals surface area contributed by atoms with Crippen molar-refractivity contribution >= 4 is 54.6 Å². The average Bonchev–Trinajstić information content (AvgIpc) is 3.27. The third kappa shape index (κ3) is 3.14. The molecule has 4 aromatic carbocycles. The molecule has 4 heteroatoms. The summed E-state index contributed by atoms with van der Waals surface area (Å²) in [4.78, 5) is 4.79. The molecule has 2 nitrogen and oxygen atoms in total. The average molecular weight is 467 g/mol. The molecule has 0 N–H and O–H groups in total. The number of hydrogen-bond donors (Lipinski definition) is 0. The molecule has 166 valence electrons. The second-order valence-electron chi connectivity index (χ2n) is 9.27. The predicted molar refractivity (Wildman–Crippen MR) is 150 cm³/mol. The highest BCUT2D eigenvalue weighted by molar-refractivity contribution is 7.33. The second-order valence-corrected chi connectivity index (χ2v) is 10.3. The number of para-hydroxylation sites is 1. The van der Waals surface area contributed by atoms with Gasteiger partial charge in [-0.1, -0.05) is 78.3 Å². The van der Waals surface area contributed by atoms with E-state index >= 15 is 0 Å². The Hall–Kier alpha value is -3.89. The molecule has 3 heterocycles. The number of pyridine rings is 1. The van der Waals surface area contributed by atoms with E-state index in [0.717, 1.165) is 28.1 Å². The summed E-state index contributed by atoms with van der Waals surface area (Å²) in [6.07, 6.45) is 1.97. The molecule has 35 heavy (non-hydrogen) atoms. The second kappa shape index (κ2) is 7.83. The maximum Gasteiger partial charge on any atom is 0.264 e. The van der Waals surface area contributed by atoms with Crippen LogP contribution >= 0.6 is 11.3 Å². The van der Waals surface area contributed by atoms with Crippen molar-refractivity contribution < 1.29 is 4.74 Å². The van der Waals surface area contributed by atoms with E-state index in [1.54, 1.807) is 0 Å². The molecule has 0 amide bonds. The van der Waals surface area contributed by atoms with Crippen LogP contribution in [0.3, 0.4) is 0 Å². The number of fused-ring (bicyclic) bond motifs is 5. The molecular weight excluding hydrogens is 445 g/mol. The lowest BCUT2D eigenvalue weighted by Crippen LogP contribution is -2.53. The van der Waals surface area contributed by atoms with Gasteiger partial charge in [-0.2, -0.15) is 0 Å². The lowest BCUT2D eigenvalue weighted by atomic mass is 9.38. The van der Waals surface area contributed by atoms with Gasteiger partial charge < -0.3 is 4.74 Å². The van der Waals surface area contributed by atoms with Crippen LogP contribution in [-0.2, 0) is 0 Å². The van der Waals surface area contributed by atoms with Gasteiger partial charge in [-0.05, 0) is 59.4 Å². The van der Waals surface area contributed by atoms with Gasteiger partial charge in [0.1, 0.15) is 11.5 Å². The molecular formula is C31H22BNOS. The Bertz CT molecular complexity index is 1760. The van der Waals surface area contributed by atoms with Crippen molar-refractivity contribution in [2.24, 2.45) is 0 Å². The molecule has 0 fully saturated rings. The minimum absolute atomic E-state index is 0.110. The number of rotatable bonds is 2. The van der Waals surface area contributed by atoms with Crippen LogP contribution < -0.4 is 20.4 Å². The summed E-state index contributed by atoms with van der Waals surface area (Å²) in [6, 6.07) is 32.5. The van der Waals surface area contributed by atoms with E-state index in [-0.39, 0.29) is 6.71 Å². The van der Waals surface area contributed by atoms with E-state index in [1.807, 2.05) is 17.5 Å². The largest absolute Gasteiger partial charge is 0.457 e. The fourth-order valence-electron chi connectivity index (χ4n) is 5.26. The van der Waals surface area contributed by atoms with Crippen molar-refractivity contribution in [1.29, 1.82) is 0 Å². The van der Waals surface area contributed by atoms with E-state index < -0.39 is 0 Å². The summed E-state index contributed by atoms with van der Waals surface area (Å²) in [6.45, 7) is 4.37. The highest BCUT2D eigenvalue weighted by Crippen LogP contribution is 2.41. The van der Waals surface area contributed by atoms with E-state index in [0.29, 0.717) is 0 Å². The van der Waals surface area contributed by atoms with Gasteiger partial charge in [-0.15, -0.1) is 11.3 Å². The molecule has 0 bridgehead atoms. The molecule has 0 radical (unpaired) electrons. The smallest absolute Gasteiger partial charge is 0.264 e. The predicted octanol–water partition coefficient (Wildman–Crippen LogP) is 6.36. The van der Waals surface area contributed by atoms with Crippen LogP contribution in [-0.4, -0.2) is 11.7 Å². The fraction of sp³-hybridized carbons (Fsp3) is 0.0645. The third-order valence-corrected chi connectivity index (χ3v) is 8.47. The first kappa shape index (κ1) is 20.5. The van der Waals surface area contributed by atoms with Crippen molar-refractivity contribution in [2.75, 3.05) is 0 Å². The van der Waals surface area contributed by atoms with Crippen molar-refractivity contribution in [1.82, 2.24) is 4.98 Å². The van der Waals surface area contributed by atoms with Gasteiger partial charge in [0, 0.05) is 26.6 Å². The highest BCUT2D eigenvalue weighted by atomic mass is 32.1. The molecule has 2 aromatic heterocycles. The number of aryl methyl sites for hydroxylation is 2. The maximum absolute atomic E-state index is 6.62. The molecule has 1 aliphatic heterocycles. The Morgan fingerprint density at radius 3 is 2.40 bits per heavy atom. The number of hydrogen-bond acceptors (Lipinski definition) is 3. The van der Waals surface area contributed by atoms with Gasteiger partial charge in [0.2, 0.25) is 0 Å². The first-order valence-electron chi connectivity index (χ1n) is 11.9. The zero-order valence-corrected chi connectivity index (χ0v) is 20.4. The third-order valence-electron chi connectivity index (χ3n) is 7.18. The van der Waals surface area contributed by atoms with E-state index in [4.69, 9.17) is 9.72 Å². The minimum Gasteiger partial charge on any atom is -0.457 e. The molecule has 7 rings (SSSR count). The molecule has 1 aliphatic rings. The monoisotopic (exact) mass is 467 g/mol. The summed E-state index contributed by atoms with van der Waals surface area (Å²) < 4.78 is 9.10. The Morgan fingerprint density at radius 2 is 1.49 bits per heavy atom. The van der Waals surface area contributed by atoms with Crippen LogP contribution in [0.2, 0.25) is 0 Å². The van der Waals surface area contributed by atoms with Crippen molar-refractivity contribution in [3.63, 3.8) is 0 Å². The molecule has 0 unspecified atom stereocenters. The summed E-state index contributed by atoms with van der Waals surface area (Å²) in [5.41, 5.74) is 7.17. The Kier molecular flexibility index (Phi) is 4.58. The molecule has 0 atom stereocenters. The van der Waals surface area contributed by atoms with Gasteiger partial charge in [0.15, 0.2) is 0 Å². The van der Waals surface area contributed by atoms with Crippen LogP contribution in [0.15, 0.2) is 97.2 Å². The maximum atomic E-state index is 6.62. The summed E-state index contributed by atoms with van der Waals surface area (Å²) >= 11 is 1.84. The normalized spacial score (nSPS) is 12.5. The van der Waals surface area contributed by atoms with Gasteiger partial charge in [0.05, 0.1) is 5.69 Å². The van der Waals surface area contributed by atoms with Crippen LogP contribution in [0.25, 0.3) is 32.1 Å². The summed E-state index contributed by atoms with van der Waals surface area (Å²) in [7, 11) is 0. The minimum atomic E-state index is 0.110. The highest BCUT2D eigenvalue weighted by Gasteiger charge is 2.36. The van der Waals surface area contributed by atoms with E-state index in [2.05, 4.69) is 105 Å². The molecule has 6 aromatic rings. The van der Waals surface area contributed by atoms with Gasteiger partial charge in [0.25, 0.3) is 6.71 Å². The van der Waals surface area contributed by atoms with Gasteiger partial charge >= 0.3 is 0 Å². The van der Waals surface area contributed by atoms with Crippen LogP contribution in [0.1, 0.15) is 11.1 Å². The van der Waals surface area contributed by atoms with Gasteiger partial charge in [-0.25, -0.2) is 0 Å². The van der Waals surface area contributed by atoms with Crippen LogP contribution in [0.5, 0.6) is 11.5 Å². The number of ether oxygens (including phenoxy) is 1. The molecule has 0 saturated heterocycles. The molecule has 0 saturated carbocycles. The number of aromatic nitrogens is 1. The first-order valence-corrected chi connectivity index (χ1v) is 12.7. The van der Waals surface area contributed by atoms with Gasteiger partial charge in [-0.3, -0.25) is 4.98 Å². The number of thiophene rings is 1. The number of benzene rings is 4. The SMILES string of the molecule is Cc1cnc(-c2cccc3c4c(sc23)B(c2cccc3ccccc23)c2ccccc2O4)cc1C. The Morgan fingerprint density at radius 1 is 0.743 bits per heavy atom. The topological polar surface area (TPSA) is 22.1 Å². The molecule has 0 aliphatic carbocycles. The van der Waals surface area contributed by atoms with Crippen molar-refractivity contribution in [3.05, 3.63) is 108 Å². The number of nitrogens with zero attached hydrogens (tertiary/aromatic N) is 1. The quantitative estimate of drug-likeness (QED) is 0.276. The lowest BCUT2D eigenvalue weighted by Gasteiger charge is -2.25. The van der Waals surface area contributed by atoms with Crippen molar-refractivity contribution in [2.45, 2.75) is 13.8 Å². The zero-order chi connectivity index (χ0) is 23.5. The summed E-state index contributed by atoms with van der Waals surface area (Å²) in [5, 5.41) is 3.70. The summed E-state index contributed by atoms with van der Waals surface area (Å²) in [5.74, 6) is 1.92. The fourth-order valence-corrected chi connectivity index (χ4v) is 6.65. The van der Waals surface area contributed by atoms with E-state index in [9.17, 15) is 0 Å². The Balaban J connectivity index is 1.53. The zero-order valence-electron chi connectivity index (χ0n) is 19.6.